The SMILES string of the molecule is CNCCCNC(=O)c1ccc(C)c(NC(=O)c2ccccc2F)c1. The van der Waals surface area contributed by atoms with Crippen molar-refractivity contribution in [3.63, 3.8) is 0 Å². The maximum Gasteiger partial charge on any atom is 0.258 e. The van der Waals surface area contributed by atoms with E-state index in [1.807, 2.05) is 14.0 Å². The van der Waals surface area contributed by atoms with E-state index in [0.29, 0.717) is 17.8 Å². The second-order valence-corrected chi connectivity index (χ2v) is 5.68. The van der Waals surface area contributed by atoms with Crippen molar-refractivity contribution in [1.82, 2.24) is 10.6 Å². The fourth-order valence-electron chi connectivity index (χ4n) is 2.30. The Bertz CT molecular complexity index is 762. The average molecular weight is 343 g/mol. The number of hydrogen-bond donors (Lipinski definition) is 3. The molecule has 6 heteroatoms. The molecule has 0 aliphatic heterocycles. The Labute approximate surface area is 146 Å². The molecule has 132 valence electrons. The molecule has 0 bridgehead atoms. The maximum absolute atomic E-state index is 13.7. The van der Waals surface area contributed by atoms with Gasteiger partial charge in [0.1, 0.15) is 5.82 Å². The van der Waals surface area contributed by atoms with E-state index in [1.54, 1.807) is 24.3 Å². The highest BCUT2D eigenvalue weighted by Crippen LogP contribution is 2.19. The fourth-order valence-corrected chi connectivity index (χ4v) is 2.30. The molecule has 0 radical (unpaired) electrons. The number of anilines is 1. The topological polar surface area (TPSA) is 70.2 Å². The van der Waals surface area contributed by atoms with Crippen molar-refractivity contribution in [1.29, 1.82) is 0 Å². The van der Waals surface area contributed by atoms with E-state index >= 15 is 0 Å². The third-order valence-corrected chi connectivity index (χ3v) is 3.76. The van der Waals surface area contributed by atoms with Crippen LogP contribution in [0.1, 0.15) is 32.7 Å². The van der Waals surface area contributed by atoms with Crippen LogP contribution < -0.4 is 16.0 Å². The second kappa shape index (κ2) is 8.94. The first-order valence-electron chi connectivity index (χ1n) is 8.12. The standard InChI is InChI=1S/C19H22FN3O2/c1-13-8-9-14(18(24)22-11-5-10-21-2)12-17(13)23-19(25)15-6-3-4-7-16(15)20/h3-4,6-9,12,21H,5,10-11H2,1-2H3,(H,22,24)(H,23,25). The second-order valence-electron chi connectivity index (χ2n) is 5.68. The Balaban J connectivity index is 2.09. The largest absolute Gasteiger partial charge is 0.352 e. The minimum Gasteiger partial charge on any atom is -0.352 e. The highest BCUT2D eigenvalue weighted by Gasteiger charge is 2.14. The fraction of sp³-hybridized carbons (Fsp3) is 0.263. The first-order valence-corrected chi connectivity index (χ1v) is 8.12. The lowest BCUT2D eigenvalue weighted by molar-refractivity contribution is 0.0951. The summed E-state index contributed by atoms with van der Waals surface area (Å²) in [6.07, 6.45) is 0.824. The monoisotopic (exact) mass is 343 g/mol. The Kier molecular flexibility index (Phi) is 6.65. The quantitative estimate of drug-likeness (QED) is 0.677. The van der Waals surface area contributed by atoms with Crippen LogP contribution in [0, 0.1) is 12.7 Å². The third-order valence-electron chi connectivity index (χ3n) is 3.76. The molecule has 0 aliphatic rings. The molecule has 2 aromatic carbocycles. The number of amides is 2. The summed E-state index contributed by atoms with van der Waals surface area (Å²) in [6.45, 7) is 3.19. The molecule has 0 unspecified atom stereocenters. The third kappa shape index (κ3) is 5.12. The van der Waals surface area contributed by atoms with Gasteiger partial charge < -0.3 is 16.0 Å². The number of hydrogen-bond acceptors (Lipinski definition) is 3. The summed E-state index contributed by atoms with van der Waals surface area (Å²) in [5.41, 5.74) is 1.68. The Morgan fingerprint density at radius 3 is 2.52 bits per heavy atom. The van der Waals surface area contributed by atoms with E-state index in [-0.39, 0.29) is 11.5 Å². The van der Waals surface area contributed by atoms with Crippen molar-refractivity contribution >= 4 is 17.5 Å². The lowest BCUT2D eigenvalue weighted by atomic mass is 10.1. The van der Waals surface area contributed by atoms with Crippen LogP contribution in [0.5, 0.6) is 0 Å². The molecule has 0 aliphatic carbocycles. The van der Waals surface area contributed by atoms with Crippen LogP contribution in [0.15, 0.2) is 42.5 Å². The van der Waals surface area contributed by atoms with Gasteiger partial charge in [0, 0.05) is 17.8 Å². The van der Waals surface area contributed by atoms with Crippen molar-refractivity contribution in [3.8, 4) is 0 Å². The van der Waals surface area contributed by atoms with Crippen LogP contribution in [-0.2, 0) is 0 Å². The van der Waals surface area contributed by atoms with Gasteiger partial charge in [0.25, 0.3) is 11.8 Å². The zero-order valence-corrected chi connectivity index (χ0v) is 14.4. The van der Waals surface area contributed by atoms with E-state index in [4.69, 9.17) is 0 Å². The number of nitrogens with one attached hydrogen (secondary N) is 3. The first-order chi connectivity index (χ1) is 12.0. The predicted molar refractivity (Wildman–Crippen MR) is 96.4 cm³/mol. The van der Waals surface area contributed by atoms with E-state index in [2.05, 4.69) is 16.0 Å². The van der Waals surface area contributed by atoms with Gasteiger partial charge in [-0.3, -0.25) is 9.59 Å². The van der Waals surface area contributed by atoms with Gasteiger partial charge in [0.05, 0.1) is 5.56 Å². The number of benzene rings is 2. The minimum atomic E-state index is -0.587. The van der Waals surface area contributed by atoms with Crippen LogP contribution in [-0.4, -0.2) is 32.0 Å². The molecule has 0 saturated carbocycles. The molecule has 0 heterocycles. The molecular formula is C19H22FN3O2. The van der Waals surface area contributed by atoms with Crippen LogP contribution in [0.2, 0.25) is 0 Å². The van der Waals surface area contributed by atoms with Crippen LogP contribution in [0.3, 0.4) is 0 Å². The molecule has 3 N–H and O–H groups in total. The molecule has 0 atom stereocenters. The van der Waals surface area contributed by atoms with Crippen LogP contribution in [0.25, 0.3) is 0 Å². The van der Waals surface area contributed by atoms with E-state index in [1.165, 1.54) is 18.2 Å². The molecule has 0 spiro atoms. The number of carbonyl (C=O) groups is 2. The Hall–Kier alpha value is -2.73. The summed E-state index contributed by atoms with van der Waals surface area (Å²) in [7, 11) is 1.85. The molecule has 0 fully saturated rings. The summed E-state index contributed by atoms with van der Waals surface area (Å²) < 4.78 is 13.7. The van der Waals surface area contributed by atoms with Gasteiger partial charge in [-0.05, 0) is 56.8 Å². The number of halogens is 1. The van der Waals surface area contributed by atoms with E-state index in [0.717, 1.165) is 18.5 Å². The van der Waals surface area contributed by atoms with Crippen molar-refractivity contribution < 1.29 is 14.0 Å². The smallest absolute Gasteiger partial charge is 0.258 e. The van der Waals surface area contributed by atoms with Crippen molar-refractivity contribution in [2.75, 3.05) is 25.5 Å². The van der Waals surface area contributed by atoms with Gasteiger partial charge in [-0.25, -0.2) is 4.39 Å². The Morgan fingerprint density at radius 2 is 1.80 bits per heavy atom. The molecule has 0 saturated heterocycles. The highest BCUT2D eigenvalue weighted by molar-refractivity contribution is 6.05. The molecule has 5 nitrogen and oxygen atoms in total. The van der Waals surface area contributed by atoms with Gasteiger partial charge in [-0.2, -0.15) is 0 Å². The van der Waals surface area contributed by atoms with Crippen LogP contribution in [0.4, 0.5) is 10.1 Å². The van der Waals surface area contributed by atoms with Gasteiger partial charge in [0.2, 0.25) is 0 Å². The molecule has 2 rings (SSSR count). The van der Waals surface area contributed by atoms with Gasteiger partial charge in [0.15, 0.2) is 0 Å². The van der Waals surface area contributed by atoms with E-state index < -0.39 is 11.7 Å². The van der Waals surface area contributed by atoms with Gasteiger partial charge >= 0.3 is 0 Å². The number of rotatable bonds is 7. The molecule has 2 amide bonds. The summed E-state index contributed by atoms with van der Waals surface area (Å²) in [5.74, 6) is -1.35. The highest BCUT2D eigenvalue weighted by atomic mass is 19.1. The first kappa shape index (κ1) is 18.6. The lowest BCUT2D eigenvalue weighted by Gasteiger charge is -2.11. The number of carbonyl (C=O) groups excluding carboxylic acids is 2. The molecule has 2 aromatic rings. The molecular weight excluding hydrogens is 321 g/mol. The predicted octanol–water partition coefficient (Wildman–Crippen LogP) is 2.73. The average Bonchev–Trinajstić information content (AvgIpc) is 2.60. The van der Waals surface area contributed by atoms with Crippen molar-refractivity contribution in [2.24, 2.45) is 0 Å². The summed E-state index contributed by atoms with van der Waals surface area (Å²) in [4.78, 5) is 24.4. The van der Waals surface area contributed by atoms with Crippen molar-refractivity contribution in [3.05, 3.63) is 65.0 Å². The van der Waals surface area contributed by atoms with Crippen LogP contribution >= 0.6 is 0 Å². The lowest BCUT2D eigenvalue weighted by Crippen LogP contribution is -2.26. The molecule has 0 aromatic heterocycles. The van der Waals surface area contributed by atoms with Gasteiger partial charge in [-0.15, -0.1) is 0 Å². The zero-order valence-electron chi connectivity index (χ0n) is 14.4. The summed E-state index contributed by atoms with van der Waals surface area (Å²) in [5, 5.41) is 8.50. The van der Waals surface area contributed by atoms with Crippen molar-refractivity contribution in [2.45, 2.75) is 13.3 Å². The normalized spacial score (nSPS) is 10.4. The summed E-state index contributed by atoms with van der Waals surface area (Å²) >= 11 is 0. The molecule has 25 heavy (non-hydrogen) atoms. The zero-order chi connectivity index (χ0) is 18.2. The van der Waals surface area contributed by atoms with E-state index in [9.17, 15) is 14.0 Å². The Morgan fingerprint density at radius 1 is 1.04 bits per heavy atom. The maximum atomic E-state index is 13.7. The minimum absolute atomic E-state index is 0.0381. The van der Waals surface area contributed by atoms with Gasteiger partial charge in [-0.1, -0.05) is 18.2 Å². The summed E-state index contributed by atoms with van der Waals surface area (Å²) in [6, 6.07) is 10.8. The number of aryl methyl sites for hydroxylation is 1.